The molecule has 0 aliphatic heterocycles. The van der Waals surface area contributed by atoms with Gasteiger partial charge in [0.05, 0.1) is 0 Å². The molecule has 0 bridgehead atoms. The van der Waals surface area contributed by atoms with Gasteiger partial charge in [0.1, 0.15) is 12.4 Å². The van der Waals surface area contributed by atoms with Gasteiger partial charge in [-0.1, -0.05) is 18.5 Å². The van der Waals surface area contributed by atoms with E-state index in [1.807, 2.05) is 36.5 Å². The van der Waals surface area contributed by atoms with Gasteiger partial charge in [0.15, 0.2) is 0 Å². The molecule has 1 aromatic carbocycles. The van der Waals surface area contributed by atoms with Gasteiger partial charge in [-0.05, 0) is 50.2 Å². The standard InChI is InChI=1S/C16H20ClNOS/c1-4-18-9-15-8-13(12(3)20-15)10-19-14-5-6-16(17)11(2)7-14/h5-8,18H,4,9-10H2,1-3H3. The molecule has 1 N–H and O–H groups in total. The van der Waals surface area contributed by atoms with Crippen molar-refractivity contribution in [2.45, 2.75) is 33.9 Å². The predicted molar refractivity (Wildman–Crippen MR) is 87.0 cm³/mol. The fraction of sp³-hybridized carbons (Fsp3) is 0.375. The normalized spacial score (nSPS) is 10.8. The summed E-state index contributed by atoms with van der Waals surface area (Å²) >= 11 is 7.85. The Morgan fingerprint density at radius 2 is 2.05 bits per heavy atom. The van der Waals surface area contributed by atoms with E-state index in [1.165, 1.54) is 15.3 Å². The third-order valence-electron chi connectivity index (χ3n) is 3.14. The van der Waals surface area contributed by atoms with Crippen LogP contribution in [0.15, 0.2) is 24.3 Å². The molecule has 2 rings (SSSR count). The molecule has 0 fully saturated rings. The molecule has 1 aromatic heterocycles. The van der Waals surface area contributed by atoms with Gasteiger partial charge in [-0.3, -0.25) is 0 Å². The number of halogens is 1. The second kappa shape index (κ2) is 7.11. The second-order valence-electron chi connectivity index (χ2n) is 4.77. The topological polar surface area (TPSA) is 21.3 Å². The monoisotopic (exact) mass is 309 g/mol. The molecule has 0 saturated heterocycles. The summed E-state index contributed by atoms with van der Waals surface area (Å²) in [5.41, 5.74) is 2.30. The minimum Gasteiger partial charge on any atom is -0.489 e. The molecule has 1 heterocycles. The van der Waals surface area contributed by atoms with Crippen molar-refractivity contribution in [3.63, 3.8) is 0 Å². The van der Waals surface area contributed by atoms with Crippen LogP contribution in [0.2, 0.25) is 5.02 Å². The van der Waals surface area contributed by atoms with Crippen molar-refractivity contribution in [1.82, 2.24) is 5.32 Å². The van der Waals surface area contributed by atoms with Crippen LogP contribution in [-0.4, -0.2) is 6.54 Å². The van der Waals surface area contributed by atoms with Gasteiger partial charge in [-0.25, -0.2) is 0 Å². The van der Waals surface area contributed by atoms with E-state index in [0.717, 1.165) is 29.4 Å². The first kappa shape index (κ1) is 15.4. The van der Waals surface area contributed by atoms with E-state index in [-0.39, 0.29) is 0 Å². The van der Waals surface area contributed by atoms with E-state index < -0.39 is 0 Å². The Kier molecular flexibility index (Phi) is 5.46. The van der Waals surface area contributed by atoms with E-state index in [2.05, 4.69) is 25.2 Å². The van der Waals surface area contributed by atoms with Crippen molar-refractivity contribution in [1.29, 1.82) is 0 Å². The Bertz CT molecular complexity index is 580. The molecule has 2 aromatic rings. The average molecular weight is 310 g/mol. The van der Waals surface area contributed by atoms with Gasteiger partial charge in [-0.15, -0.1) is 11.3 Å². The zero-order chi connectivity index (χ0) is 14.5. The zero-order valence-corrected chi connectivity index (χ0v) is 13.7. The molecule has 0 aliphatic carbocycles. The molecule has 2 nitrogen and oxygen atoms in total. The summed E-state index contributed by atoms with van der Waals surface area (Å²) in [4.78, 5) is 2.68. The lowest BCUT2D eigenvalue weighted by Crippen LogP contribution is -2.10. The number of aryl methyl sites for hydroxylation is 2. The highest BCUT2D eigenvalue weighted by Gasteiger charge is 2.06. The molecule has 0 saturated carbocycles. The summed E-state index contributed by atoms with van der Waals surface area (Å²) in [6, 6.07) is 7.99. The molecule has 20 heavy (non-hydrogen) atoms. The lowest BCUT2D eigenvalue weighted by atomic mass is 10.2. The Balaban J connectivity index is 1.99. The molecular weight excluding hydrogens is 290 g/mol. The summed E-state index contributed by atoms with van der Waals surface area (Å²) in [7, 11) is 0. The maximum atomic E-state index is 6.01. The van der Waals surface area contributed by atoms with Crippen molar-refractivity contribution in [3.8, 4) is 5.75 Å². The summed E-state index contributed by atoms with van der Waals surface area (Å²) in [6.45, 7) is 8.78. The SMILES string of the molecule is CCNCc1cc(COc2ccc(Cl)c(C)c2)c(C)s1. The summed E-state index contributed by atoms with van der Waals surface area (Å²) in [6.07, 6.45) is 0. The van der Waals surface area contributed by atoms with Crippen molar-refractivity contribution in [2.24, 2.45) is 0 Å². The second-order valence-corrected chi connectivity index (χ2v) is 6.52. The van der Waals surface area contributed by atoms with Crippen LogP contribution in [0, 0.1) is 13.8 Å². The van der Waals surface area contributed by atoms with E-state index in [0.29, 0.717) is 6.61 Å². The summed E-state index contributed by atoms with van der Waals surface area (Å²) < 4.78 is 5.85. The van der Waals surface area contributed by atoms with Gasteiger partial charge >= 0.3 is 0 Å². The number of hydrogen-bond donors (Lipinski definition) is 1. The highest BCUT2D eigenvalue weighted by Crippen LogP contribution is 2.25. The fourth-order valence-corrected chi connectivity index (χ4v) is 3.07. The van der Waals surface area contributed by atoms with Crippen LogP contribution in [0.25, 0.3) is 0 Å². The molecule has 0 spiro atoms. The maximum absolute atomic E-state index is 6.01. The van der Waals surface area contributed by atoms with E-state index in [1.54, 1.807) is 0 Å². The summed E-state index contributed by atoms with van der Waals surface area (Å²) in [5, 5.41) is 4.12. The van der Waals surface area contributed by atoms with Crippen molar-refractivity contribution in [3.05, 3.63) is 50.2 Å². The molecule has 0 atom stereocenters. The van der Waals surface area contributed by atoms with Gasteiger partial charge < -0.3 is 10.1 Å². The number of ether oxygens (including phenoxy) is 1. The minimum atomic E-state index is 0.607. The lowest BCUT2D eigenvalue weighted by Gasteiger charge is -2.07. The predicted octanol–water partition coefficient (Wildman–Crippen LogP) is 4.71. The van der Waals surface area contributed by atoms with Crippen LogP contribution in [0.5, 0.6) is 5.75 Å². The van der Waals surface area contributed by atoms with E-state index in [4.69, 9.17) is 16.3 Å². The molecular formula is C16H20ClNOS. The Morgan fingerprint density at radius 1 is 1.25 bits per heavy atom. The lowest BCUT2D eigenvalue weighted by molar-refractivity contribution is 0.306. The third kappa shape index (κ3) is 3.98. The summed E-state index contributed by atoms with van der Waals surface area (Å²) in [5.74, 6) is 0.866. The van der Waals surface area contributed by atoms with Crippen LogP contribution in [0.4, 0.5) is 0 Å². The van der Waals surface area contributed by atoms with E-state index in [9.17, 15) is 0 Å². The Morgan fingerprint density at radius 3 is 2.75 bits per heavy atom. The number of nitrogens with one attached hydrogen (secondary N) is 1. The quantitative estimate of drug-likeness (QED) is 0.834. The van der Waals surface area contributed by atoms with Gasteiger partial charge in [0.2, 0.25) is 0 Å². The maximum Gasteiger partial charge on any atom is 0.120 e. The van der Waals surface area contributed by atoms with Crippen LogP contribution in [0.1, 0.15) is 27.8 Å². The third-order valence-corrected chi connectivity index (χ3v) is 4.66. The number of benzene rings is 1. The molecule has 108 valence electrons. The molecule has 0 amide bonds. The highest BCUT2D eigenvalue weighted by atomic mass is 35.5. The van der Waals surface area contributed by atoms with Gasteiger partial charge in [0, 0.05) is 26.9 Å². The minimum absolute atomic E-state index is 0.607. The number of hydrogen-bond acceptors (Lipinski definition) is 3. The smallest absolute Gasteiger partial charge is 0.120 e. The zero-order valence-electron chi connectivity index (χ0n) is 12.1. The van der Waals surface area contributed by atoms with Crippen molar-refractivity contribution >= 4 is 22.9 Å². The fourth-order valence-electron chi connectivity index (χ4n) is 1.93. The van der Waals surface area contributed by atoms with Gasteiger partial charge in [0.25, 0.3) is 0 Å². The van der Waals surface area contributed by atoms with E-state index >= 15 is 0 Å². The van der Waals surface area contributed by atoms with Crippen molar-refractivity contribution < 1.29 is 4.74 Å². The largest absolute Gasteiger partial charge is 0.489 e. The van der Waals surface area contributed by atoms with Crippen LogP contribution in [-0.2, 0) is 13.2 Å². The van der Waals surface area contributed by atoms with Crippen LogP contribution in [0.3, 0.4) is 0 Å². The van der Waals surface area contributed by atoms with Crippen LogP contribution < -0.4 is 10.1 Å². The highest BCUT2D eigenvalue weighted by molar-refractivity contribution is 7.12. The average Bonchev–Trinajstić information content (AvgIpc) is 2.78. The first-order valence-electron chi connectivity index (χ1n) is 6.78. The van der Waals surface area contributed by atoms with Crippen molar-refractivity contribution in [2.75, 3.05) is 6.54 Å². The number of rotatable bonds is 6. The van der Waals surface area contributed by atoms with Gasteiger partial charge in [-0.2, -0.15) is 0 Å². The Hall–Kier alpha value is -1.03. The first-order valence-corrected chi connectivity index (χ1v) is 7.97. The first-order chi connectivity index (χ1) is 9.60. The molecule has 0 radical (unpaired) electrons. The van der Waals surface area contributed by atoms with Crippen LogP contribution >= 0.6 is 22.9 Å². The molecule has 0 aliphatic rings. The number of thiophene rings is 1. The Labute approximate surface area is 129 Å². The molecule has 4 heteroatoms. The molecule has 0 unspecified atom stereocenters.